The normalized spacial score (nSPS) is 24.1. The number of thiazole rings is 1. The van der Waals surface area contributed by atoms with Crippen LogP contribution in [0, 0.1) is 6.92 Å². The summed E-state index contributed by atoms with van der Waals surface area (Å²) in [6.45, 7) is 2.62. The van der Waals surface area contributed by atoms with Crippen LogP contribution in [0.1, 0.15) is 18.5 Å². The van der Waals surface area contributed by atoms with Crippen molar-refractivity contribution in [3.8, 4) is 0 Å². The third-order valence-electron chi connectivity index (χ3n) is 3.81. The summed E-state index contributed by atoms with van der Waals surface area (Å²) in [5, 5.41) is 0. The predicted molar refractivity (Wildman–Crippen MR) is 73.2 cm³/mol. The summed E-state index contributed by atoms with van der Waals surface area (Å²) in [5.41, 5.74) is 0.380. The maximum absolute atomic E-state index is 12.6. The molecule has 0 aromatic carbocycles. The minimum atomic E-state index is -3.65. The molecule has 1 aromatic heterocycles. The van der Waals surface area contributed by atoms with Crippen molar-refractivity contribution in [3.05, 3.63) is 15.4 Å². The summed E-state index contributed by atoms with van der Waals surface area (Å²) in [5.74, 6) is 0.106. The second kappa shape index (κ2) is 4.68. The average molecular weight is 317 g/mol. The third kappa shape index (κ3) is 2.09. The predicted octanol–water partition coefficient (Wildman–Crippen LogP) is -0.260. The number of aryl methyl sites for hydroxylation is 1. The Morgan fingerprint density at radius 1 is 1.30 bits per heavy atom. The second-order valence-corrected chi connectivity index (χ2v) is 8.19. The molecule has 110 valence electrons. The minimum absolute atomic E-state index is 0.0259. The van der Waals surface area contributed by atoms with Crippen molar-refractivity contribution < 1.29 is 13.2 Å². The molecule has 2 aliphatic heterocycles. The lowest BCUT2D eigenvalue weighted by atomic mass is 10.2. The molecule has 1 unspecified atom stereocenters. The highest BCUT2D eigenvalue weighted by molar-refractivity contribution is 7.91. The molecule has 1 aromatic rings. The number of nitrogens with zero attached hydrogens (tertiary/aromatic N) is 2. The lowest BCUT2D eigenvalue weighted by Gasteiger charge is -2.36. The molecule has 2 fully saturated rings. The number of piperazine rings is 1. The average Bonchev–Trinajstić information content (AvgIpc) is 2.93. The Labute approximate surface area is 120 Å². The van der Waals surface area contributed by atoms with Crippen molar-refractivity contribution in [3.63, 3.8) is 0 Å². The van der Waals surface area contributed by atoms with E-state index >= 15 is 0 Å². The van der Waals surface area contributed by atoms with Gasteiger partial charge in [0.1, 0.15) is 0 Å². The van der Waals surface area contributed by atoms with Crippen molar-refractivity contribution in [1.82, 2.24) is 14.2 Å². The molecular formula is C11H15N3O4S2. The van der Waals surface area contributed by atoms with Gasteiger partial charge in [0.05, 0.1) is 0 Å². The van der Waals surface area contributed by atoms with Gasteiger partial charge in [-0.1, -0.05) is 11.3 Å². The van der Waals surface area contributed by atoms with Gasteiger partial charge in [-0.25, -0.2) is 8.42 Å². The Hall–Kier alpha value is -1.19. The summed E-state index contributed by atoms with van der Waals surface area (Å²) in [7, 11) is -3.65. The second-order valence-electron chi connectivity index (χ2n) is 5.07. The molecule has 0 bridgehead atoms. The fourth-order valence-electron chi connectivity index (χ4n) is 2.81. The summed E-state index contributed by atoms with van der Waals surface area (Å²) in [6, 6.07) is -0.0259. The lowest BCUT2D eigenvalue weighted by Crippen LogP contribution is -2.53. The number of rotatable bonds is 2. The van der Waals surface area contributed by atoms with Gasteiger partial charge in [0.25, 0.3) is 10.0 Å². The number of aromatic amines is 1. The first-order valence-corrected chi connectivity index (χ1v) is 8.64. The molecule has 3 rings (SSSR count). The van der Waals surface area contributed by atoms with Gasteiger partial charge in [-0.15, -0.1) is 0 Å². The molecule has 7 nitrogen and oxygen atoms in total. The van der Waals surface area contributed by atoms with Crippen LogP contribution in [0.5, 0.6) is 0 Å². The van der Waals surface area contributed by atoms with Crippen LogP contribution in [-0.4, -0.2) is 54.2 Å². The van der Waals surface area contributed by atoms with Crippen LogP contribution < -0.4 is 4.87 Å². The molecule has 0 saturated carbocycles. The van der Waals surface area contributed by atoms with E-state index in [4.69, 9.17) is 0 Å². The van der Waals surface area contributed by atoms with E-state index in [2.05, 4.69) is 4.98 Å². The van der Waals surface area contributed by atoms with Crippen LogP contribution in [0.15, 0.2) is 9.00 Å². The number of amides is 1. The Morgan fingerprint density at radius 2 is 2.05 bits per heavy atom. The lowest BCUT2D eigenvalue weighted by molar-refractivity contribution is -0.130. The number of hydrogen-bond donors (Lipinski definition) is 1. The van der Waals surface area contributed by atoms with E-state index in [1.54, 1.807) is 11.8 Å². The van der Waals surface area contributed by atoms with Gasteiger partial charge in [0.15, 0.2) is 4.21 Å². The number of aromatic nitrogens is 1. The highest BCUT2D eigenvalue weighted by Gasteiger charge is 2.40. The topological polar surface area (TPSA) is 90.5 Å². The van der Waals surface area contributed by atoms with Crippen molar-refractivity contribution in [2.45, 2.75) is 30.0 Å². The Bertz CT molecular complexity index is 705. The van der Waals surface area contributed by atoms with Gasteiger partial charge < -0.3 is 9.88 Å². The van der Waals surface area contributed by atoms with Gasteiger partial charge in [-0.05, 0) is 13.3 Å². The number of fused-ring (bicyclic) bond motifs is 1. The molecule has 1 N–H and O–H groups in total. The molecular weight excluding hydrogens is 302 g/mol. The van der Waals surface area contributed by atoms with E-state index in [0.29, 0.717) is 31.6 Å². The van der Waals surface area contributed by atoms with E-state index in [-0.39, 0.29) is 27.6 Å². The number of carbonyl (C=O) groups is 1. The largest absolute Gasteiger partial charge is 0.337 e. The van der Waals surface area contributed by atoms with Crippen LogP contribution in [0.2, 0.25) is 0 Å². The maximum atomic E-state index is 12.6. The molecule has 9 heteroatoms. The Kier molecular flexibility index (Phi) is 3.22. The number of sulfonamides is 1. The van der Waals surface area contributed by atoms with Gasteiger partial charge in [-0.2, -0.15) is 4.31 Å². The van der Waals surface area contributed by atoms with Crippen LogP contribution in [-0.2, 0) is 14.8 Å². The van der Waals surface area contributed by atoms with Crippen LogP contribution >= 0.6 is 11.3 Å². The number of hydrogen-bond acceptors (Lipinski definition) is 5. The smallest absolute Gasteiger partial charge is 0.305 e. The van der Waals surface area contributed by atoms with Gasteiger partial charge in [0, 0.05) is 37.8 Å². The fourth-order valence-corrected chi connectivity index (χ4v) is 5.71. The monoisotopic (exact) mass is 317 g/mol. The minimum Gasteiger partial charge on any atom is -0.337 e. The molecule has 2 aliphatic rings. The van der Waals surface area contributed by atoms with Crippen LogP contribution in [0.25, 0.3) is 0 Å². The van der Waals surface area contributed by atoms with Crippen LogP contribution in [0.4, 0.5) is 0 Å². The van der Waals surface area contributed by atoms with E-state index in [1.165, 1.54) is 4.31 Å². The van der Waals surface area contributed by atoms with Gasteiger partial charge in [0.2, 0.25) is 5.91 Å². The quantitative estimate of drug-likeness (QED) is 0.813. The molecule has 0 spiro atoms. The van der Waals surface area contributed by atoms with Crippen LogP contribution in [0.3, 0.4) is 0 Å². The highest BCUT2D eigenvalue weighted by Crippen LogP contribution is 2.28. The first kappa shape index (κ1) is 13.8. The SMILES string of the molecule is Cc1[nH]c(=O)sc1S(=O)(=O)N1CCN2C(=O)CCC2C1. The molecule has 20 heavy (non-hydrogen) atoms. The van der Waals surface area contributed by atoms with Gasteiger partial charge >= 0.3 is 4.87 Å². The molecule has 0 radical (unpaired) electrons. The highest BCUT2D eigenvalue weighted by atomic mass is 32.2. The number of carbonyl (C=O) groups excluding carboxylic acids is 1. The third-order valence-corrected chi connectivity index (χ3v) is 7.26. The van der Waals surface area contributed by atoms with E-state index in [1.807, 2.05) is 0 Å². The summed E-state index contributed by atoms with van der Waals surface area (Å²) < 4.78 is 26.6. The molecule has 3 heterocycles. The van der Waals surface area contributed by atoms with Crippen molar-refractivity contribution in [1.29, 1.82) is 0 Å². The van der Waals surface area contributed by atoms with Crippen molar-refractivity contribution >= 4 is 27.3 Å². The number of nitrogens with one attached hydrogen (secondary N) is 1. The molecule has 1 atom stereocenters. The Morgan fingerprint density at radius 3 is 2.70 bits per heavy atom. The molecule has 1 amide bonds. The van der Waals surface area contributed by atoms with E-state index in [0.717, 1.165) is 11.3 Å². The van der Waals surface area contributed by atoms with Gasteiger partial charge in [-0.3, -0.25) is 9.59 Å². The molecule has 0 aliphatic carbocycles. The number of H-pyrrole nitrogens is 1. The zero-order valence-corrected chi connectivity index (χ0v) is 12.6. The zero-order chi connectivity index (χ0) is 14.5. The summed E-state index contributed by atoms with van der Waals surface area (Å²) >= 11 is 0.719. The van der Waals surface area contributed by atoms with Crippen molar-refractivity contribution in [2.75, 3.05) is 19.6 Å². The first-order chi connectivity index (χ1) is 9.39. The zero-order valence-electron chi connectivity index (χ0n) is 11.0. The molecule has 2 saturated heterocycles. The summed E-state index contributed by atoms with van der Waals surface area (Å²) in [6.07, 6.45) is 1.20. The Balaban J connectivity index is 1.88. The standard InChI is InChI=1S/C11H15N3O4S2/c1-7-10(19-11(16)12-7)20(17,18)13-4-5-14-8(6-13)2-3-9(14)15/h8H,2-6H2,1H3,(H,12,16). The first-order valence-electron chi connectivity index (χ1n) is 6.39. The summed E-state index contributed by atoms with van der Waals surface area (Å²) in [4.78, 5) is 26.8. The maximum Gasteiger partial charge on any atom is 0.305 e. The van der Waals surface area contributed by atoms with Crippen molar-refractivity contribution in [2.24, 2.45) is 0 Å². The fraction of sp³-hybridized carbons (Fsp3) is 0.636. The van der Waals surface area contributed by atoms with E-state index < -0.39 is 10.0 Å². The van der Waals surface area contributed by atoms with E-state index in [9.17, 15) is 18.0 Å².